The second-order valence-corrected chi connectivity index (χ2v) is 28.5. The third-order valence-corrected chi connectivity index (χ3v) is 26.8. The summed E-state index contributed by atoms with van der Waals surface area (Å²) in [6.45, 7) is 7.51. The Labute approximate surface area is 244 Å². The van der Waals surface area contributed by atoms with Crippen molar-refractivity contribution in [1.29, 1.82) is 0 Å². The Morgan fingerprint density at radius 1 is 0.692 bits per heavy atom. The average molecular weight is 662 g/mol. The van der Waals surface area contributed by atoms with Gasteiger partial charge >= 0.3 is 246 Å². The molecule has 0 amide bonds. The van der Waals surface area contributed by atoms with Gasteiger partial charge in [-0.25, -0.2) is 0 Å². The molecule has 0 N–H and O–H groups in total. The zero-order chi connectivity index (χ0) is 27.6. The molecule has 0 unspecified atom stereocenters. The van der Waals surface area contributed by atoms with Gasteiger partial charge in [-0.1, -0.05) is 0 Å². The number of rotatable bonds is 13. The Hall–Kier alpha value is -2.31. The normalized spacial score (nSPS) is 12.9. The molecule has 4 aromatic carbocycles. The van der Waals surface area contributed by atoms with Crippen LogP contribution in [0.4, 0.5) is 0 Å². The molecule has 4 aromatic rings. The first kappa shape index (κ1) is 29.7. The summed E-state index contributed by atoms with van der Waals surface area (Å²) in [5, 5.41) is 4.33. The van der Waals surface area contributed by atoms with E-state index >= 15 is 0 Å². The third kappa shape index (κ3) is 7.26. The van der Waals surface area contributed by atoms with Crippen LogP contribution in [-0.4, -0.2) is 39.4 Å². The molecule has 2 nitrogen and oxygen atoms in total. The minimum absolute atomic E-state index is 0.225. The molecular weight excluding hydrogens is 623 g/mol. The van der Waals surface area contributed by atoms with Crippen LogP contribution in [0.3, 0.4) is 0 Å². The predicted octanol–water partition coefficient (Wildman–Crippen LogP) is 7.38. The Morgan fingerprint density at radius 2 is 1.18 bits per heavy atom. The number of halogens is 1. The van der Waals surface area contributed by atoms with Crippen LogP contribution in [0.1, 0.15) is 20.8 Å². The number of ether oxygens (including phenoxy) is 1. The second kappa shape index (κ2) is 14.4. The summed E-state index contributed by atoms with van der Waals surface area (Å²) in [7, 11) is -2.90. The van der Waals surface area contributed by atoms with Crippen molar-refractivity contribution in [2.75, 3.05) is 6.61 Å². The van der Waals surface area contributed by atoms with Gasteiger partial charge in [0, 0.05) is 0 Å². The maximum absolute atomic E-state index is 7.50. The van der Waals surface area contributed by atoms with Crippen molar-refractivity contribution in [3.63, 3.8) is 0 Å². The molecule has 0 aromatic heterocycles. The van der Waals surface area contributed by atoms with E-state index < -0.39 is 26.7 Å². The van der Waals surface area contributed by atoms with E-state index in [1.54, 1.807) is 0 Å². The molecule has 0 saturated heterocycles. The molecule has 5 heteroatoms. The molecular formula is C34H39ClO2SiSn. The summed E-state index contributed by atoms with van der Waals surface area (Å²) >= 11 is 3.89. The molecule has 4 rings (SSSR count). The van der Waals surface area contributed by atoms with Crippen LogP contribution in [0.15, 0.2) is 125 Å². The fourth-order valence-electron chi connectivity index (χ4n) is 5.23. The molecule has 0 radical (unpaired) electrons. The topological polar surface area (TPSA) is 18.5 Å². The van der Waals surface area contributed by atoms with Gasteiger partial charge in [0.15, 0.2) is 0 Å². The molecule has 0 aliphatic rings. The first-order valence-corrected chi connectivity index (χ1v) is 24.0. The van der Waals surface area contributed by atoms with Crippen molar-refractivity contribution in [2.45, 2.75) is 40.2 Å². The zero-order valence-corrected chi connectivity index (χ0v) is 27.8. The molecule has 0 aliphatic carbocycles. The summed E-state index contributed by atoms with van der Waals surface area (Å²) in [6, 6.07) is 39.9. The van der Waals surface area contributed by atoms with Crippen LogP contribution in [0.2, 0.25) is 18.3 Å². The van der Waals surface area contributed by atoms with Gasteiger partial charge in [0.1, 0.15) is 0 Å². The fourth-order valence-corrected chi connectivity index (χ4v) is 17.5. The van der Waals surface area contributed by atoms with Crippen molar-refractivity contribution in [3.8, 4) is 5.75 Å². The van der Waals surface area contributed by atoms with Crippen LogP contribution in [0.5, 0.6) is 5.75 Å². The standard InChI is InChI=1S/C28H24ClO2Si.3C2H5.Sn/c1-2-24(22-30-25-14-12-13-23(29)21-25)31-32(26-15-6-3-7-16-26,27-17-8-4-9-18-27)28-19-10-5-11-20-28;3*1-2;/h1-21,24H,22H2;3*1H2,2H3;/t24-;;;;/m1..../s1. The van der Waals surface area contributed by atoms with E-state index in [-0.39, 0.29) is 6.10 Å². The molecule has 1 atom stereocenters. The molecule has 0 saturated carbocycles. The maximum atomic E-state index is 7.50. The number of hydrogen-bond acceptors (Lipinski definition) is 2. The van der Waals surface area contributed by atoms with Crippen LogP contribution < -0.4 is 20.3 Å². The van der Waals surface area contributed by atoms with Gasteiger partial charge in [-0.15, -0.1) is 0 Å². The van der Waals surface area contributed by atoms with Crippen molar-refractivity contribution >= 4 is 53.9 Å². The second-order valence-electron chi connectivity index (χ2n) is 9.99. The molecule has 202 valence electrons. The van der Waals surface area contributed by atoms with Gasteiger partial charge in [0.25, 0.3) is 0 Å². The van der Waals surface area contributed by atoms with Crippen molar-refractivity contribution in [3.05, 3.63) is 130 Å². The number of hydrogen-bond donors (Lipinski definition) is 0. The molecule has 0 spiro atoms. The zero-order valence-electron chi connectivity index (χ0n) is 23.2. The van der Waals surface area contributed by atoms with Crippen molar-refractivity contribution < 1.29 is 9.16 Å². The Balaban J connectivity index is 1.84. The van der Waals surface area contributed by atoms with Crippen molar-refractivity contribution in [1.82, 2.24) is 0 Å². The molecule has 0 fully saturated rings. The van der Waals surface area contributed by atoms with Gasteiger partial charge in [-0.2, -0.15) is 0 Å². The van der Waals surface area contributed by atoms with Crippen LogP contribution in [0, 0.1) is 0 Å². The fraction of sp³-hybridized carbons (Fsp3) is 0.235. The van der Waals surface area contributed by atoms with Gasteiger partial charge in [0.2, 0.25) is 0 Å². The number of benzene rings is 4. The summed E-state index contributed by atoms with van der Waals surface area (Å²) in [5.41, 5.74) is 0. The minimum atomic E-state index is -2.90. The Bertz CT molecular complexity index is 1210. The van der Waals surface area contributed by atoms with Gasteiger partial charge in [-0.3, -0.25) is 0 Å². The van der Waals surface area contributed by atoms with Gasteiger partial charge in [-0.05, 0) is 0 Å². The van der Waals surface area contributed by atoms with Gasteiger partial charge < -0.3 is 0 Å². The van der Waals surface area contributed by atoms with Crippen LogP contribution in [0.25, 0.3) is 0 Å². The third-order valence-electron chi connectivity index (χ3n) is 7.86. The average Bonchev–Trinajstić information content (AvgIpc) is 3.00. The van der Waals surface area contributed by atoms with E-state index in [2.05, 4.69) is 122 Å². The first-order valence-electron chi connectivity index (χ1n) is 14.0. The predicted molar refractivity (Wildman–Crippen MR) is 172 cm³/mol. The Morgan fingerprint density at radius 3 is 1.62 bits per heavy atom. The van der Waals surface area contributed by atoms with E-state index in [0.717, 1.165) is 5.75 Å². The van der Waals surface area contributed by atoms with E-state index in [0.29, 0.717) is 11.6 Å². The molecule has 0 heterocycles. The molecule has 39 heavy (non-hydrogen) atoms. The van der Waals surface area contributed by atoms with Gasteiger partial charge in [0.05, 0.1) is 0 Å². The summed E-state index contributed by atoms with van der Waals surface area (Å²) in [6.07, 6.45) is 2.12. The first-order chi connectivity index (χ1) is 19.0. The van der Waals surface area contributed by atoms with E-state index in [1.807, 2.05) is 24.3 Å². The summed E-state index contributed by atoms with van der Waals surface area (Å²) in [4.78, 5) is 0. The van der Waals surface area contributed by atoms with Crippen LogP contribution in [-0.2, 0) is 4.43 Å². The van der Waals surface area contributed by atoms with E-state index in [9.17, 15) is 0 Å². The summed E-state index contributed by atoms with van der Waals surface area (Å²) < 4.78 is 20.3. The monoisotopic (exact) mass is 662 g/mol. The van der Waals surface area contributed by atoms with E-state index in [4.69, 9.17) is 20.8 Å². The van der Waals surface area contributed by atoms with Crippen LogP contribution >= 0.6 is 11.6 Å². The van der Waals surface area contributed by atoms with E-state index in [1.165, 1.54) is 28.9 Å². The molecule has 0 aliphatic heterocycles. The molecule has 0 bridgehead atoms. The quantitative estimate of drug-likeness (QED) is 0.110. The SMILES string of the molecule is C[CH2][Sn](/[CH]=C/[C@H](COc1cccc(Cl)c1)O[Si](c1ccccc1)(c1ccccc1)c1ccccc1)([CH2]C)[CH2]C. The summed E-state index contributed by atoms with van der Waals surface area (Å²) in [5.74, 6) is 0.757. The van der Waals surface area contributed by atoms with Crippen molar-refractivity contribution in [2.24, 2.45) is 0 Å². The Kier molecular flexibility index (Phi) is 10.9.